The molecule has 2 heterocycles. The molecule has 0 amide bonds. The van der Waals surface area contributed by atoms with Crippen molar-refractivity contribution < 1.29 is 9.90 Å². The van der Waals surface area contributed by atoms with Gasteiger partial charge in [0, 0.05) is 47.3 Å². The van der Waals surface area contributed by atoms with Gasteiger partial charge in [-0.3, -0.25) is 4.79 Å². The molecule has 0 bridgehead atoms. The fraction of sp³-hybridized carbons (Fsp3) is 0.448. The second kappa shape index (κ2) is 11.8. The second-order valence-corrected chi connectivity index (χ2v) is 11.3. The van der Waals surface area contributed by atoms with Crippen LogP contribution in [-0.4, -0.2) is 47.6 Å². The number of benzene rings is 2. The van der Waals surface area contributed by atoms with Crippen molar-refractivity contribution in [3.05, 3.63) is 68.3 Å². The van der Waals surface area contributed by atoms with Gasteiger partial charge in [0.15, 0.2) is 6.29 Å². The number of piperidine rings is 1. The molecular formula is C29H35Cl2N3O2. The summed E-state index contributed by atoms with van der Waals surface area (Å²) in [7, 11) is 4.12. The van der Waals surface area contributed by atoms with Crippen LogP contribution in [0.5, 0.6) is 0 Å². The van der Waals surface area contributed by atoms with E-state index in [1.165, 1.54) is 25.9 Å². The van der Waals surface area contributed by atoms with Crippen molar-refractivity contribution in [2.45, 2.75) is 40.0 Å². The highest BCUT2D eigenvalue weighted by atomic mass is 35.5. The summed E-state index contributed by atoms with van der Waals surface area (Å²) in [5.41, 5.74) is 4.96. The average Bonchev–Trinajstić information content (AvgIpc) is 3.18. The SMILES string of the molecule is CN1CCC(C(C)(C)CO)CC1.Cc1cc(C#N)cc2c1cc(Cc1c(Cl)ccc(C=O)c1Cl)n2C. The number of aliphatic hydroxyl groups excluding tert-OH is 1. The fourth-order valence-electron chi connectivity index (χ4n) is 4.87. The van der Waals surface area contributed by atoms with E-state index in [2.05, 4.69) is 37.9 Å². The number of halogens is 2. The van der Waals surface area contributed by atoms with Crippen molar-refractivity contribution in [2.75, 3.05) is 26.7 Å². The first-order valence-corrected chi connectivity index (χ1v) is 13.0. The van der Waals surface area contributed by atoms with E-state index in [9.17, 15) is 9.90 Å². The number of hydrogen-bond donors (Lipinski definition) is 1. The number of carbonyl (C=O) groups excluding carboxylic acids is 1. The van der Waals surface area contributed by atoms with Crippen LogP contribution in [0.2, 0.25) is 10.0 Å². The number of aliphatic hydroxyl groups is 1. The molecule has 7 heteroatoms. The van der Waals surface area contributed by atoms with Crippen molar-refractivity contribution >= 4 is 40.4 Å². The standard InChI is InChI=1S/C19H14Cl2N2O.C10H21NO/c1-11-5-12(9-22)6-18-15(11)7-14(23(18)2)8-16-17(20)4-3-13(10-24)19(16)21;1-10(2,8-12)9-4-6-11(3)7-5-9/h3-7,10H,8H2,1-2H3;9,12H,4-8H2,1-3H3. The van der Waals surface area contributed by atoms with Crippen molar-refractivity contribution in [3.63, 3.8) is 0 Å². The Kier molecular flexibility index (Phi) is 9.24. The van der Waals surface area contributed by atoms with Gasteiger partial charge in [-0.2, -0.15) is 5.26 Å². The van der Waals surface area contributed by atoms with Crippen LogP contribution in [0.4, 0.5) is 0 Å². The van der Waals surface area contributed by atoms with Crippen molar-refractivity contribution in [1.82, 2.24) is 9.47 Å². The van der Waals surface area contributed by atoms with E-state index in [1.807, 2.05) is 30.7 Å². The molecule has 2 aromatic carbocycles. The maximum absolute atomic E-state index is 11.1. The lowest BCUT2D eigenvalue weighted by atomic mass is 9.74. The Morgan fingerprint density at radius 2 is 1.83 bits per heavy atom. The van der Waals surface area contributed by atoms with Crippen LogP contribution >= 0.6 is 23.2 Å². The Hall–Kier alpha value is -2.36. The van der Waals surface area contributed by atoms with Crippen LogP contribution in [0.15, 0.2) is 30.3 Å². The number of hydrogen-bond acceptors (Lipinski definition) is 4. The van der Waals surface area contributed by atoms with Gasteiger partial charge in [0.25, 0.3) is 0 Å². The maximum Gasteiger partial charge on any atom is 0.151 e. The zero-order valence-corrected chi connectivity index (χ0v) is 23.2. The van der Waals surface area contributed by atoms with Crippen LogP contribution in [0, 0.1) is 29.6 Å². The first kappa shape index (κ1) is 28.2. The second-order valence-electron chi connectivity index (χ2n) is 10.5. The largest absolute Gasteiger partial charge is 0.396 e. The predicted octanol–water partition coefficient (Wildman–Crippen LogP) is 6.42. The highest BCUT2D eigenvalue weighted by Crippen LogP contribution is 2.34. The molecule has 0 aliphatic carbocycles. The molecule has 0 radical (unpaired) electrons. The van der Waals surface area contributed by atoms with Crippen LogP contribution in [0.3, 0.4) is 0 Å². The molecule has 1 aliphatic heterocycles. The van der Waals surface area contributed by atoms with Crippen LogP contribution in [0.25, 0.3) is 10.9 Å². The normalized spacial score (nSPS) is 14.9. The minimum Gasteiger partial charge on any atom is -0.396 e. The third kappa shape index (κ3) is 6.12. The van der Waals surface area contributed by atoms with Crippen molar-refractivity contribution in [1.29, 1.82) is 5.26 Å². The molecule has 4 rings (SSSR count). The monoisotopic (exact) mass is 527 g/mol. The number of fused-ring (bicyclic) bond motifs is 1. The Bertz CT molecular complexity index is 1280. The smallest absolute Gasteiger partial charge is 0.151 e. The Morgan fingerprint density at radius 1 is 1.17 bits per heavy atom. The van der Waals surface area contributed by atoms with Crippen molar-refractivity contribution in [3.8, 4) is 6.07 Å². The summed E-state index contributed by atoms with van der Waals surface area (Å²) in [6, 6.07) is 11.3. The Morgan fingerprint density at radius 3 is 2.42 bits per heavy atom. The summed E-state index contributed by atoms with van der Waals surface area (Å²) in [6.45, 7) is 9.02. The summed E-state index contributed by atoms with van der Waals surface area (Å²) < 4.78 is 2.03. The van der Waals surface area contributed by atoms with Gasteiger partial charge >= 0.3 is 0 Å². The van der Waals surface area contributed by atoms with Crippen LogP contribution < -0.4 is 0 Å². The number of likely N-dealkylation sites (tertiary alicyclic amines) is 1. The zero-order valence-electron chi connectivity index (χ0n) is 21.7. The molecule has 192 valence electrons. The van der Waals surface area contributed by atoms with E-state index in [0.717, 1.165) is 34.0 Å². The molecule has 5 nitrogen and oxygen atoms in total. The Labute approximate surface area is 224 Å². The van der Waals surface area contributed by atoms with Gasteiger partial charge in [-0.1, -0.05) is 37.0 Å². The van der Waals surface area contributed by atoms with Crippen molar-refractivity contribution in [2.24, 2.45) is 18.4 Å². The minimum atomic E-state index is 0.126. The molecular weight excluding hydrogens is 493 g/mol. The summed E-state index contributed by atoms with van der Waals surface area (Å²) >= 11 is 12.6. The van der Waals surface area contributed by atoms with Gasteiger partial charge in [0.2, 0.25) is 0 Å². The zero-order chi connectivity index (χ0) is 26.6. The minimum absolute atomic E-state index is 0.126. The van der Waals surface area contributed by atoms with E-state index in [0.29, 0.717) is 40.1 Å². The van der Waals surface area contributed by atoms with Gasteiger partial charge in [0.05, 0.1) is 16.7 Å². The average molecular weight is 529 g/mol. The number of aromatic nitrogens is 1. The number of nitriles is 1. The molecule has 36 heavy (non-hydrogen) atoms. The first-order chi connectivity index (χ1) is 17.0. The van der Waals surface area contributed by atoms with E-state index >= 15 is 0 Å². The molecule has 1 aromatic heterocycles. The van der Waals surface area contributed by atoms with E-state index < -0.39 is 0 Å². The molecule has 0 atom stereocenters. The number of aldehydes is 1. The quantitative estimate of drug-likeness (QED) is 0.389. The third-order valence-corrected chi connectivity index (χ3v) is 8.33. The van der Waals surface area contributed by atoms with Crippen LogP contribution in [-0.2, 0) is 13.5 Å². The molecule has 0 saturated carbocycles. The molecule has 1 fully saturated rings. The summed E-state index contributed by atoms with van der Waals surface area (Å²) in [4.78, 5) is 13.5. The van der Waals surface area contributed by atoms with Gasteiger partial charge < -0.3 is 14.6 Å². The number of nitrogens with zero attached hydrogens (tertiary/aromatic N) is 3. The Balaban J connectivity index is 0.000000253. The van der Waals surface area contributed by atoms with Crippen LogP contribution in [0.1, 0.15) is 59.4 Å². The molecule has 1 saturated heterocycles. The topological polar surface area (TPSA) is 69.3 Å². The number of carbonyl (C=O) groups is 1. The van der Waals surface area contributed by atoms with E-state index in [1.54, 1.807) is 12.1 Å². The van der Waals surface area contributed by atoms with Gasteiger partial charge in [-0.05, 0) is 92.7 Å². The highest BCUT2D eigenvalue weighted by Gasteiger charge is 2.30. The summed E-state index contributed by atoms with van der Waals surface area (Å²) in [5.74, 6) is 0.707. The van der Waals surface area contributed by atoms with E-state index in [-0.39, 0.29) is 5.41 Å². The van der Waals surface area contributed by atoms with E-state index in [4.69, 9.17) is 28.5 Å². The molecule has 3 aromatic rings. The fourth-order valence-corrected chi connectivity index (χ4v) is 5.42. The maximum atomic E-state index is 11.1. The molecule has 1 N–H and O–H groups in total. The molecule has 1 aliphatic rings. The third-order valence-electron chi connectivity index (χ3n) is 7.53. The summed E-state index contributed by atoms with van der Waals surface area (Å²) in [6.07, 6.45) is 3.72. The predicted molar refractivity (Wildman–Crippen MR) is 148 cm³/mol. The first-order valence-electron chi connectivity index (χ1n) is 12.2. The lowest BCUT2D eigenvalue weighted by Gasteiger charge is -2.38. The lowest BCUT2D eigenvalue weighted by Crippen LogP contribution is -2.38. The number of rotatable bonds is 5. The summed E-state index contributed by atoms with van der Waals surface area (Å²) in [5, 5.41) is 20.4. The number of aryl methyl sites for hydroxylation is 2. The lowest BCUT2D eigenvalue weighted by molar-refractivity contribution is 0.0555. The van der Waals surface area contributed by atoms with Gasteiger partial charge in [-0.25, -0.2) is 0 Å². The highest BCUT2D eigenvalue weighted by molar-refractivity contribution is 6.37. The molecule has 0 spiro atoms. The molecule has 0 unspecified atom stereocenters. The van der Waals surface area contributed by atoms with Gasteiger partial charge in [-0.15, -0.1) is 0 Å². The van der Waals surface area contributed by atoms with Gasteiger partial charge in [0.1, 0.15) is 0 Å².